The first-order chi connectivity index (χ1) is 12.3. The van der Waals surface area contributed by atoms with Gasteiger partial charge in [0, 0.05) is 19.1 Å². The highest BCUT2D eigenvalue weighted by Crippen LogP contribution is 2.30. The highest BCUT2D eigenvalue weighted by atomic mass is 19.4. The van der Waals surface area contributed by atoms with Crippen LogP contribution >= 0.6 is 0 Å². The molecular formula is C16H18F3N5O2. The number of hydrogen-bond acceptors (Lipinski definition) is 5. The van der Waals surface area contributed by atoms with Gasteiger partial charge in [-0.05, 0) is 25.1 Å². The number of amides is 1. The lowest BCUT2D eigenvalue weighted by molar-refractivity contribution is -0.137. The SMILES string of the molecule is CC(N)C1CN(C(=O)c2cn(-c3cccc(C(F)(F)F)c3)nn2)CCO1. The van der Waals surface area contributed by atoms with Crippen molar-refractivity contribution in [2.45, 2.75) is 25.2 Å². The monoisotopic (exact) mass is 369 g/mol. The lowest BCUT2D eigenvalue weighted by Crippen LogP contribution is -2.51. The quantitative estimate of drug-likeness (QED) is 0.886. The van der Waals surface area contributed by atoms with Crippen molar-refractivity contribution < 1.29 is 22.7 Å². The van der Waals surface area contributed by atoms with E-state index in [1.807, 2.05) is 0 Å². The summed E-state index contributed by atoms with van der Waals surface area (Å²) < 4.78 is 45.2. The fourth-order valence-electron chi connectivity index (χ4n) is 2.65. The Bertz CT molecular complexity index is 790. The predicted molar refractivity (Wildman–Crippen MR) is 85.7 cm³/mol. The van der Waals surface area contributed by atoms with E-state index in [2.05, 4.69) is 10.3 Å². The Morgan fingerprint density at radius 3 is 2.88 bits per heavy atom. The van der Waals surface area contributed by atoms with Gasteiger partial charge in [-0.1, -0.05) is 11.3 Å². The normalized spacial score (nSPS) is 19.4. The van der Waals surface area contributed by atoms with Crippen LogP contribution < -0.4 is 5.73 Å². The molecule has 1 aliphatic heterocycles. The van der Waals surface area contributed by atoms with Gasteiger partial charge >= 0.3 is 6.18 Å². The van der Waals surface area contributed by atoms with Crippen molar-refractivity contribution >= 4 is 5.91 Å². The molecule has 26 heavy (non-hydrogen) atoms. The molecule has 0 bridgehead atoms. The minimum Gasteiger partial charge on any atom is -0.373 e. The summed E-state index contributed by atoms with van der Waals surface area (Å²) in [6.45, 7) is 2.87. The summed E-state index contributed by atoms with van der Waals surface area (Å²) in [4.78, 5) is 14.1. The van der Waals surface area contributed by atoms with Gasteiger partial charge in [0.1, 0.15) is 0 Å². The van der Waals surface area contributed by atoms with E-state index < -0.39 is 11.7 Å². The minimum absolute atomic E-state index is 0.0488. The molecule has 2 aromatic rings. The van der Waals surface area contributed by atoms with E-state index in [9.17, 15) is 18.0 Å². The van der Waals surface area contributed by atoms with Crippen LogP contribution in [0.15, 0.2) is 30.5 Å². The largest absolute Gasteiger partial charge is 0.416 e. The molecule has 140 valence electrons. The maximum Gasteiger partial charge on any atom is 0.416 e. The average molecular weight is 369 g/mol. The summed E-state index contributed by atoms with van der Waals surface area (Å²) in [5.74, 6) is -0.364. The Morgan fingerprint density at radius 1 is 1.42 bits per heavy atom. The van der Waals surface area contributed by atoms with Crippen molar-refractivity contribution in [2.24, 2.45) is 5.73 Å². The van der Waals surface area contributed by atoms with E-state index >= 15 is 0 Å². The van der Waals surface area contributed by atoms with E-state index in [-0.39, 0.29) is 29.4 Å². The summed E-state index contributed by atoms with van der Waals surface area (Å²) >= 11 is 0. The summed E-state index contributed by atoms with van der Waals surface area (Å²) in [6, 6.07) is 4.42. The molecular weight excluding hydrogens is 351 g/mol. The Kier molecular flexibility index (Phi) is 4.97. The van der Waals surface area contributed by atoms with Crippen LogP contribution in [0.25, 0.3) is 5.69 Å². The number of halogens is 3. The van der Waals surface area contributed by atoms with Crippen molar-refractivity contribution in [3.05, 3.63) is 41.7 Å². The molecule has 2 atom stereocenters. The molecule has 3 rings (SSSR count). The summed E-state index contributed by atoms with van der Waals surface area (Å²) in [6.07, 6.45) is -3.42. The number of carbonyl (C=O) groups excluding carboxylic acids is 1. The van der Waals surface area contributed by atoms with E-state index in [0.29, 0.717) is 19.7 Å². The van der Waals surface area contributed by atoms with E-state index in [4.69, 9.17) is 10.5 Å². The number of ether oxygens (including phenoxy) is 1. The van der Waals surface area contributed by atoms with Crippen LogP contribution in [0, 0.1) is 0 Å². The number of nitrogens with two attached hydrogens (primary N) is 1. The lowest BCUT2D eigenvalue weighted by atomic mass is 10.1. The van der Waals surface area contributed by atoms with Crippen molar-refractivity contribution in [3.8, 4) is 5.69 Å². The number of alkyl halides is 3. The van der Waals surface area contributed by atoms with Crippen LogP contribution in [-0.4, -0.2) is 57.6 Å². The summed E-state index contributed by atoms with van der Waals surface area (Å²) in [5, 5.41) is 7.57. The molecule has 1 aromatic heterocycles. The van der Waals surface area contributed by atoms with Crippen LogP contribution in [-0.2, 0) is 10.9 Å². The van der Waals surface area contributed by atoms with Gasteiger partial charge in [0.2, 0.25) is 0 Å². The first-order valence-corrected chi connectivity index (χ1v) is 8.02. The van der Waals surface area contributed by atoms with Gasteiger partial charge in [0.05, 0.1) is 30.2 Å². The van der Waals surface area contributed by atoms with Crippen LogP contribution in [0.4, 0.5) is 13.2 Å². The Morgan fingerprint density at radius 2 is 2.19 bits per heavy atom. The summed E-state index contributed by atoms with van der Waals surface area (Å²) in [7, 11) is 0. The summed E-state index contributed by atoms with van der Waals surface area (Å²) in [5.41, 5.74) is 5.23. The molecule has 0 radical (unpaired) electrons. The second-order valence-corrected chi connectivity index (χ2v) is 6.12. The van der Waals surface area contributed by atoms with Crippen LogP contribution in [0.5, 0.6) is 0 Å². The smallest absolute Gasteiger partial charge is 0.373 e. The molecule has 1 aromatic carbocycles. The zero-order chi connectivity index (χ0) is 18.9. The van der Waals surface area contributed by atoms with Gasteiger partial charge in [-0.15, -0.1) is 5.10 Å². The predicted octanol–water partition coefficient (Wildman–Crippen LogP) is 1.47. The van der Waals surface area contributed by atoms with E-state index in [1.165, 1.54) is 18.3 Å². The van der Waals surface area contributed by atoms with Gasteiger partial charge in [-0.25, -0.2) is 4.68 Å². The molecule has 0 saturated carbocycles. The number of hydrogen-bond donors (Lipinski definition) is 1. The van der Waals surface area contributed by atoms with E-state index in [0.717, 1.165) is 16.8 Å². The third-order valence-electron chi connectivity index (χ3n) is 4.12. The molecule has 2 N–H and O–H groups in total. The van der Waals surface area contributed by atoms with E-state index in [1.54, 1.807) is 11.8 Å². The molecule has 7 nitrogen and oxygen atoms in total. The van der Waals surface area contributed by atoms with Gasteiger partial charge < -0.3 is 15.4 Å². The molecule has 2 unspecified atom stereocenters. The molecule has 0 aliphatic carbocycles. The standard InChI is InChI=1S/C16H18F3N5O2/c1-10(20)14-9-23(5-6-26-14)15(25)13-8-24(22-21-13)12-4-2-3-11(7-12)16(17,18)19/h2-4,7-8,10,14H,5-6,9,20H2,1H3. The van der Waals surface area contributed by atoms with Gasteiger partial charge in [-0.2, -0.15) is 13.2 Å². The van der Waals surface area contributed by atoms with Gasteiger partial charge in [0.15, 0.2) is 5.69 Å². The second kappa shape index (κ2) is 7.04. The topological polar surface area (TPSA) is 86.3 Å². The molecule has 1 fully saturated rings. The number of carbonyl (C=O) groups is 1. The van der Waals surface area contributed by atoms with Crippen LogP contribution in [0.1, 0.15) is 23.0 Å². The first kappa shape index (κ1) is 18.3. The highest BCUT2D eigenvalue weighted by Gasteiger charge is 2.31. The number of nitrogens with zero attached hydrogens (tertiary/aromatic N) is 4. The third kappa shape index (κ3) is 3.86. The third-order valence-corrected chi connectivity index (χ3v) is 4.12. The fourth-order valence-corrected chi connectivity index (χ4v) is 2.65. The zero-order valence-electron chi connectivity index (χ0n) is 14.0. The van der Waals surface area contributed by atoms with Gasteiger partial charge in [0.25, 0.3) is 5.91 Å². The number of morpholine rings is 1. The molecule has 1 saturated heterocycles. The second-order valence-electron chi connectivity index (χ2n) is 6.12. The maximum atomic E-state index is 12.8. The zero-order valence-corrected chi connectivity index (χ0v) is 14.0. The Labute approximate surface area is 147 Å². The highest BCUT2D eigenvalue weighted by molar-refractivity contribution is 5.92. The molecule has 0 spiro atoms. The Balaban J connectivity index is 1.78. The molecule has 1 amide bonds. The van der Waals surface area contributed by atoms with Crippen molar-refractivity contribution in [1.82, 2.24) is 19.9 Å². The van der Waals surface area contributed by atoms with Crippen molar-refractivity contribution in [1.29, 1.82) is 0 Å². The number of rotatable bonds is 3. The molecule has 10 heteroatoms. The Hall–Kier alpha value is -2.46. The van der Waals surface area contributed by atoms with Crippen molar-refractivity contribution in [2.75, 3.05) is 19.7 Å². The number of aromatic nitrogens is 3. The lowest BCUT2D eigenvalue weighted by Gasteiger charge is -2.34. The van der Waals surface area contributed by atoms with Crippen LogP contribution in [0.3, 0.4) is 0 Å². The fraction of sp³-hybridized carbons (Fsp3) is 0.438. The van der Waals surface area contributed by atoms with Crippen molar-refractivity contribution in [3.63, 3.8) is 0 Å². The average Bonchev–Trinajstić information content (AvgIpc) is 3.10. The molecule has 2 heterocycles. The first-order valence-electron chi connectivity index (χ1n) is 8.02. The van der Waals surface area contributed by atoms with Crippen LogP contribution in [0.2, 0.25) is 0 Å². The number of benzene rings is 1. The van der Waals surface area contributed by atoms with Gasteiger partial charge in [-0.3, -0.25) is 4.79 Å². The minimum atomic E-state index is -4.46. The molecule has 1 aliphatic rings. The maximum absolute atomic E-state index is 12.8.